The van der Waals surface area contributed by atoms with Gasteiger partial charge in [0.25, 0.3) is 0 Å². The second-order valence-corrected chi connectivity index (χ2v) is 24.5. The molecule has 0 aromatic carbocycles. The summed E-state index contributed by atoms with van der Waals surface area (Å²) in [6, 6.07) is 0. The molecule has 0 heterocycles. The van der Waals surface area contributed by atoms with Crippen LogP contribution in [0.4, 0.5) is 0 Å². The van der Waals surface area contributed by atoms with E-state index in [-0.39, 0.29) is 31.1 Å². The summed E-state index contributed by atoms with van der Waals surface area (Å²) < 4.78 is 16.9. The maximum absolute atomic E-state index is 12.9. The zero-order valence-electron chi connectivity index (χ0n) is 53.2. The molecule has 6 nitrogen and oxygen atoms in total. The lowest BCUT2D eigenvalue weighted by molar-refractivity contribution is -0.167. The summed E-state index contributed by atoms with van der Waals surface area (Å²) in [4.78, 5) is 38.3. The minimum Gasteiger partial charge on any atom is -0.462 e. The second kappa shape index (κ2) is 67.7. The van der Waals surface area contributed by atoms with Crippen LogP contribution in [-0.4, -0.2) is 37.2 Å². The molecule has 78 heavy (non-hydrogen) atoms. The number of unbranched alkanes of at least 4 members (excludes halogenated alkanes) is 54. The Morgan fingerprint density at radius 1 is 0.244 bits per heavy atom. The Hall–Kier alpha value is -1.85. The molecule has 0 radical (unpaired) electrons. The summed E-state index contributed by atoms with van der Waals surface area (Å²) in [6.07, 6.45) is 81.3. The predicted molar refractivity (Wildman–Crippen MR) is 340 cm³/mol. The molecule has 0 bridgehead atoms. The first-order valence-electron chi connectivity index (χ1n) is 35.7. The number of carbonyl (C=O) groups excluding carboxylic acids is 3. The standard InChI is InChI=1S/C72H138O6/c1-4-7-10-13-16-19-22-24-26-27-28-29-30-31-32-33-34-35-36-37-38-39-40-41-42-43-44-46-47-50-53-56-59-62-65-71(74)77-68-69(67-76-70(73)64-61-58-55-52-49-21-18-15-12-9-6-3)78-72(75)66-63-60-57-54-51-48-45-25-23-20-17-14-11-8-5-2/h25,45,69H,4-24,26-44,46-68H2,1-3H3/b45-25-. The fourth-order valence-electron chi connectivity index (χ4n) is 11.2. The number of allylic oxidation sites excluding steroid dienone is 2. The highest BCUT2D eigenvalue weighted by atomic mass is 16.6. The molecule has 0 rings (SSSR count). The second-order valence-electron chi connectivity index (χ2n) is 24.5. The molecule has 0 saturated heterocycles. The third-order valence-corrected chi connectivity index (χ3v) is 16.5. The number of ether oxygens (including phenoxy) is 3. The number of rotatable bonds is 67. The Bertz CT molecular complexity index is 1210. The molecule has 0 aliphatic heterocycles. The Labute approximate surface area is 488 Å². The fraction of sp³-hybridized carbons (Fsp3) is 0.931. The van der Waals surface area contributed by atoms with Crippen LogP contribution in [0, 0.1) is 0 Å². The first-order valence-corrected chi connectivity index (χ1v) is 35.7. The average Bonchev–Trinajstić information content (AvgIpc) is 3.44. The van der Waals surface area contributed by atoms with Gasteiger partial charge in [-0.25, -0.2) is 0 Å². The van der Waals surface area contributed by atoms with E-state index in [9.17, 15) is 14.4 Å². The van der Waals surface area contributed by atoms with Gasteiger partial charge in [-0.2, -0.15) is 0 Å². The van der Waals surface area contributed by atoms with Gasteiger partial charge in [-0.15, -0.1) is 0 Å². The van der Waals surface area contributed by atoms with Crippen LogP contribution in [0.5, 0.6) is 0 Å². The van der Waals surface area contributed by atoms with E-state index in [1.54, 1.807) is 0 Å². The van der Waals surface area contributed by atoms with Gasteiger partial charge < -0.3 is 14.2 Å². The van der Waals surface area contributed by atoms with Crippen LogP contribution < -0.4 is 0 Å². The molecule has 1 unspecified atom stereocenters. The van der Waals surface area contributed by atoms with Gasteiger partial charge in [-0.3, -0.25) is 14.4 Å². The molecule has 0 aromatic rings. The van der Waals surface area contributed by atoms with Gasteiger partial charge in [0.2, 0.25) is 0 Å². The van der Waals surface area contributed by atoms with Crippen molar-refractivity contribution in [2.75, 3.05) is 13.2 Å². The highest BCUT2D eigenvalue weighted by Gasteiger charge is 2.19. The maximum Gasteiger partial charge on any atom is 0.306 e. The quantitative estimate of drug-likeness (QED) is 0.0261. The van der Waals surface area contributed by atoms with Crippen molar-refractivity contribution in [3.8, 4) is 0 Å². The van der Waals surface area contributed by atoms with E-state index in [2.05, 4.69) is 32.9 Å². The largest absolute Gasteiger partial charge is 0.462 e. The van der Waals surface area contributed by atoms with Gasteiger partial charge in [-0.1, -0.05) is 360 Å². The molecule has 0 aliphatic rings. The van der Waals surface area contributed by atoms with Crippen LogP contribution in [0.1, 0.15) is 412 Å². The summed E-state index contributed by atoms with van der Waals surface area (Å²) in [5, 5.41) is 0. The molecule has 0 aromatic heterocycles. The van der Waals surface area contributed by atoms with Crippen molar-refractivity contribution < 1.29 is 28.6 Å². The summed E-state index contributed by atoms with van der Waals surface area (Å²) in [6.45, 7) is 6.70. The number of hydrogen-bond donors (Lipinski definition) is 0. The van der Waals surface area contributed by atoms with Crippen molar-refractivity contribution in [3.63, 3.8) is 0 Å². The highest BCUT2D eigenvalue weighted by Crippen LogP contribution is 2.19. The minimum absolute atomic E-state index is 0.0671. The molecule has 0 N–H and O–H groups in total. The lowest BCUT2D eigenvalue weighted by atomic mass is 10.0. The predicted octanol–water partition coefficient (Wildman–Crippen LogP) is 24.4. The highest BCUT2D eigenvalue weighted by molar-refractivity contribution is 5.71. The molecule has 1 atom stereocenters. The number of esters is 3. The summed E-state index contributed by atoms with van der Waals surface area (Å²) >= 11 is 0. The van der Waals surface area contributed by atoms with Crippen LogP contribution in [0.2, 0.25) is 0 Å². The van der Waals surface area contributed by atoms with Crippen LogP contribution in [0.3, 0.4) is 0 Å². The van der Waals surface area contributed by atoms with Gasteiger partial charge >= 0.3 is 17.9 Å². The fourth-order valence-corrected chi connectivity index (χ4v) is 11.2. The van der Waals surface area contributed by atoms with E-state index in [1.165, 1.54) is 308 Å². The number of hydrogen-bond acceptors (Lipinski definition) is 6. The lowest BCUT2D eigenvalue weighted by Crippen LogP contribution is -2.30. The van der Waals surface area contributed by atoms with Crippen molar-refractivity contribution in [2.45, 2.75) is 419 Å². The van der Waals surface area contributed by atoms with Crippen LogP contribution in [0.15, 0.2) is 12.2 Å². The van der Waals surface area contributed by atoms with Gasteiger partial charge in [0.15, 0.2) is 6.10 Å². The van der Waals surface area contributed by atoms with Crippen molar-refractivity contribution in [3.05, 3.63) is 12.2 Å². The normalized spacial score (nSPS) is 12.0. The SMILES string of the molecule is CCCCCCCC/C=C\CCCCCCCC(=O)OC(COC(=O)CCCCCCCCCCCCC)COC(=O)CCCCCCCCCCCCCCCCCCCCCCCCCCCCCCCCCCCC. The summed E-state index contributed by atoms with van der Waals surface area (Å²) in [7, 11) is 0. The van der Waals surface area contributed by atoms with E-state index in [1.807, 2.05) is 0 Å². The molecule has 462 valence electrons. The van der Waals surface area contributed by atoms with E-state index in [4.69, 9.17) is 14.2 Å². The van der Waals surface area contributed by atoms with Crippen molar-refractivity contribution in [1.82, 2.24) is 0 Å². The molecule has 0 spiro atoms. The Balaban J connectivity index is 4.00. The van der Waals surface area contributed by atoms with Crippen molar-refractivity contribution in [1.29, 1.82) is 0 Å². The Morgan fingerprint density at radius 3 is 0.641 bits per heavy atom. The molecule has 0 saturated carbocycles. The first kappa shape index (κ1) is 76.1. The maximum atomic E-state index is 12.9. The Kier molecular flexibility index (Phi) is 66.0. The molecule has 0 fully saturated rings. The van der Waals surface area contributed by atoms with Crippen LogP contribution in [0.25, 0.3) is 0 Å². The van der Waals surface area contributed by atoms with Gasteiger partial charge in [-0.05, 0) is 44.9 Å². The van der Waals surface area contributed by atoms with Crippen molar-refractivity contribution in [2.24, 2.45) is 0 Å². The smallest absolute Gasteiger partial charge is 0.306 e. The topological polar surface area (TPSA) is 78.9 Å². The lowest BCUT2D eigenvalue weighted by Gasteiger charge is -2.18. The minimum atomic E-state index is -0.770. The van der Waals surface area contributed by atoms with Gasteiger partial charge in [0.05, 0.1) is 0 Å². The first-order chi connectivity index (χ1) is 38.5. The van der Waals surface area contributed by atoms with E-state index >= 15 is 0 Å². The third-order valence-electron chi connectivity index (χ3n) is 16.5. The Morgan fingerprint density at radius 2 is 0.423 bits per heavy atom. The zero-order valence-corrected chi connectivity index (χ0v) is 53.2. The third kappa shape index (κ3) is 65.0. The van der Waals surface area contributed by atoms with Gasteiger partial charge in [0.1, 0.15) is 13.2 Å². The van der Waals surface area contributed by atoms with Crippen molar-refractivity contribution >= 4 is 17.9 Å². The monoisotopic (exact) mass is 1100 g/mol. The summed E-state index contributed by atoms with van der Waals surface area (Å²) in [5.41, 5.74) is 0. The van der Waals surface area contributed by atoms with Crippen LogP contribution in [-0.2, 0) is 28.6 Å². The molecule has 6 heteroatoms. The van der Waals surface area contributed by atoms with E-state index in [0.29, 0.717) is 19.3 Å². The number of carbonyl (C=O) groups is 3. The molecular formula is C72H138O6. The zero-order chi connectivity index (χ0) is 56.4. The van der Waals surface area contributed by atoms with Gasteiger partial charge in [0, 0.05) is 19.3 Å². The average molecular weight is 1100 g/mol. The molecule has 0 amide bonds. The molecule has 0 aliphatic carbocycles. The van der Waals surface area contributed by atoms with E-state index < -0.39 is 6.10 Å². The summed E-state index contributed by atoms with van der Waals surface area (Å²) in [5.74, 6) is -0.847. The van der Waals surface area contributed by atoms with Crippen LogP contribution >= 0.6 is 0 Å². The van der Waals surface area contributed by atoms with E-state index in [0.717, 1.165) is 64.2 Å². The molecular weight excluding hydrogens is 961 g/mol.